The van der Waals surface area contributed by atoms with Crippen molar-refractivity contribution in [3.63, 3.8) is 0 Å². The molecule has 0 aliphatic heterocycles. The first-order valence-electron chi connectivity index (χ1n) is 5.48. The van der Waals surface area contributed by atoms with Crippen LogP contribution in [0.15, 0.2) is 29.3 Å². The van der Waals surface area contributed by atoms with Crippen molar-refractivity contribution < 1.29 is 9.53 Å². The van der Waals surface area contributed by atoms with Crippen LogP contribution in [0.3, 0.4) is 0 Å². The molecule has 0 radical (unpaired) electrons. The number of hydrogen-bond donors (Lipinski definition) is 0. The largest absolute Gasteiger partial charge is 0.496 e. The predicted octanol–water partition coefficient (Wildman–Crippen LogP) is 4.01. The quantitative estimate of drug-likeness (QED) is 0.767. The summed E-state index contributed by atoms with van der Waals surface area (Å²) in [5.74, 6) is 1.01. The van der Waals surface area contributed by atoms with Crippen molar-refractivity contribution in [2.75, 3.05) is 7.11 Å². The SMILES string of the molecule is C=CC(=O)CC(C)c1c(C)cc(Br)cc1OC. The van der Waals surface area contributed by atoms with Gasteiger partial charge in [-0.3, -0.25) is 4.79 Å². The van der Waals surface area contributed by atoms with Crippen molar-refractivity contribution in [1.82, 2.24) is 0 Å². The van der Waals surface area contributed by atoms with Crippen LogP contribution in [0.4, 0.5) is 0 Å². The van der Waals surface area contributed by atoms with Gasteiger partial charge in [-0.25, -0.2) is 0 Å². The predicted molar refractivity (Wildman–Crippen MR) is 73.7 cm³/mol. The van der Waals surface area contributed by atoms with E-state index in [1.165, 1.54) is 6.08 Å². The summed E-state index contributed by atoms with van der Waals surface area (Å²) in [4.78, 5) is 11.4. The molecule has 1 atom stereocenters. The van der Waals surface area contributed by atoms with Crippen molar-refractivity contribution >= 4 is 21.7 Å². The normalized spacial score (nSPS) is 12.0. The van der Waals surface area contributed by atoms with Gasteiger partial charge in [-0.2, -0.15) is 0 Å². The summed E-state index contributed by atoms with van der Waals surface area (Å²) in [6.45, 7) is 7.55. The number of halogens is 1. The van der Waals surface area contributed by atoms with Crippen molar-refractivity contribution in [1.29, 1.82) is 0 Å². The Morgan fingerprint density at radius 3 is 2.76 bits per heavy atom. The third-order valence-electron chi connectivity index (χ3n) is 2.76. The number of carbonyl (C=O) groups is 1. The Morgan fingerprint density at radius 1 is 1.59 bits per heavy atom. The molecule has 0 amide bonds. The van der Waals surface area contributed by atoms with Crippen molar-refractivity contribution in [3.05, 3.63) is 40.4 Å². The minimum Gasteiger partial charge on any atom is -0.496 e. The monoisotopic (exact) mass is 296 g/mol. The van der Waals surface area contributed by atoms with E-state index in [9.17, 15) is 4.79 Å². The van der Waals surface area contributed by atoms with Gasteiger partial charge in [-0.1, -0.05) is 29.4 Å². The highest BCUT2D eigenvalue weighted by Crippen LogP contribution is 2.34. The van der Waals surface area contributed by atoms with Crippen LogP contribution in [0.5, 0.6) is 5.75 Å². The summed E-state index contributed by atoms with van der Waals surface area (Å²) in [7, 11) is 1.65. The number of aryl methyl sites for hydroxylation is 1. The fourth-order valence-electron chi connectivity index (χ4n) is 2.01. The molecule has 1 unspecified atom stereocenters. The van der Waals surface area contributed by atoms with Gasteiger partial charge in [-0.15, -0.1) is 0 Å². The van der Waals surface area contributed by atoms with Crippen LogP contribution in [0, 0.1) is 6.92 Å². The molecule has 3 heteroatoms. The summed E-state index contributed by atoms with van der Waals surface area (Å²) in [5.41, 5.74) is 2.21. The lowest BCUT2D eigenvalue weighted by Gasteiger charge is -2.17. The van der Waals surface area contributed by atoms with Crippen molar-refractivity contribution in [3.8, 4) is 5.75 Å². The maximum absolute atomic E-state index is 11.4. The zero-order valence-electron chi connectivity index (χ0n) is 10.4. The third kappa shape index (κ3) is 3.43. The molecule has 1 aromatic carbocycles. The Balaban J connectivity index is 3.11. The molecule has 0 aromatic heterocycles. The molecule has 17 heavy (non-hydrogen) atoms. The zero-order valence-corrected chi connectivity index (χ0v) is 12.0. The van der Waals surface area contributed by atoms with Crippen LogP contribution >= 0.6 is 15.9 Å². The summed E-state index contributed by atoms with van der Waals surface area (Å²) >= 11 is 3.44. The Hall–Kier alpha value is -1.09. The number of ketones is 1. The smallest absolute Gasteiger partial charge is 0.155 e. The molecular formula is C14H17BrO2. The number of hydrogen-bond acceptors (Lipinski definition) is 2. The van der Waals surface area contributed by atoms with Gasteiger partial charge < -0.3 is 4.74 Å². The molecule has 0 bridgehead atoms. The Morgan fingerprint density at radius 2 is 2.24 bits per heavy atom. The molecular weight excluding hydrogens is 280 g/mol. The van der Waals surface area contributed by atoms with Crippen LogP contribution < -0.4 is 4.74 Å². The number of ether oxygens (including phenoxy) is 1. The highest BCUT2D eigenvalue weighted by Gasteiger charge is 2.17. The van der Waals surface area contributed by atoms with E-state index in [4.69, 9.17) is 4.74 Å². The van der Waals surface area contributed by atoms with Gasteiger partial charge >= 0.3 is 0 Å². The van der Waals surface area contributed by atoms with Gasteiger partial charge in [0, 0.05) is 16.5 Å². The van der Waals surface area contributed by atoms with Crippen LogP contribution in [0.25, 0.3) is 0 Å². The fraction of sp³-hybridized carbons (Fsp3) is 0.357. The van der Waals surface area contributed by atoms with Gasteiger partial charge in [0.05, 0.1) is 7.11 Å². The molecule has 0 aliphatic carbocycles. The fourth-order valence-corrected chi connectivity index (χ4v) is 2.56. The Labute approximate surface area is 111 Å². The lowest BCUT2D eigenvalue weighted by molar-refractivity contribution is -0.114. The van der Waals surface area contributed by atoms with Crippen LogP contribution in [-0.2, 0) is 4.79 Å². The van der Waals surface area contributed by atoms with Crippen LogP contribution in [0.2, 0.25) is 0 Å². The molecule has 1 rings (SSSR count). The molecule has 92 valence electrons. The van der Waals surface area contributed by atoms with Crippen molar-refractivity contribution in [2.24, 2.45) is 0 Å². The standard InChI is InChI=1S/C14H17BrO2/c1-5-12(16)7-10(3)14-9(2)6-11(15)8-13(14)17-4/h5-6,8,10H,1,7H2,2-4H3. The second-order valence-electron chi connectivity index (χ2n) is 4.11. The summed E-state index contributed by atoms with van der Waals surface area (Å²) < 4.78 is 6.36. The third-order valence-corrected chi connectivity index (χ3v) is 3.22. The Bertz CT molecular complexity index is 438. The van der Waals surface area contributed by atoms with E-state index in [0.717, 1.165) is 21.3 Å². The molecule has 0 spiro atoms. The van der Waals surface area contributed by atoms with Gasteiger partial charge in [0.2, 0.25) is 0 Å². The van der Waals surface area contributed by atoms with Gasteiger partial charge in [-0.05, 0) is 36.6 Å². The first kappa shape index (κ1) is 14.0. The number of allylic oxidation sites excluding steroid dienone is 1. The van der Waals surface area contributed by atoms with E-state index in [1.807, 2.05) is 26.0 Å². The van der Waals surface area contributed by atoms with E-state index in [-0.39, 0.29) is 11.7 Å². The van der Waals surface area contributed by atoms with E-state index in [0.29, 0.717) is 6.42 Å². The topological polar surface area (TPSA) is 26.3 Å². The molecule has 0 fully saturated rings. The summed E-state index contributed by atoms with van der Waals surface area (Å²) in [6.07, 6.45) is 1.83. The van der Waals surface area contributed by atoms with Crippen LogP contribution in [-0.4, -0.2) is 12.9 Å². The van der Waals surface area contributed by atoms with Gasteiger partial charge in [0.15, 0.2) is 5.78 Å². The minimum absolute atomic E-state index is 0.0573. The highest BCUT2D eigenvalue weighted by molar-refractivity contribution is 9.10. The molecule has 0 aliphatic rings. The van der Waals surface area contributed by atoms with E-state index in [1.54, 1.807) is 7.11 Å². The molecule has 0 saturated carbocycles. The average Bonchev–Trinajstić information content (AvgIpc) is 2.27. The molecule has 2 nitrogen and oxygen atoms in total. The maximum Gasteiger partial charge on any atom is 0.155 e. The van der Waals surface area contributed by atoms with E-state index >= 15 is 0 Å². The number of methoxy groups -OCH3 is 1. The molecule has 0 N–H and O–H groups in total. The first-order valence-corrected chi connectivity index (χ1v) is 6.28. The molecule has 0 saturated heterocycles. The lowest BCUT2D eigenvalue weighted by Crippen LogP contribution is -2.05. The van der Waals surface area contributed by atoms with Crippen molar-refractivity contribution in [2.45, 2.75) is 26.2 Å². The number of rotatable bonds is 5. The number of carbonyl (C=O) groups excluding carboxylic acids is 1. The highest BCUT2D eigenvalue weighted by atomic mass is 79.9. The first-order chi connectivity index (χ1) is 7.99. The lowest BCUT2D eigenvalue weighted by atomic mass is 9.91. The maximum atomic E-state index is 11.4. The summed E-state index contributed by atoms with van der Waals surface area (Å²) in [6, 6.07) is 3.96. The molecule has 0 heterocycles. The molecule has 1 aromatic rings. The van der Waals surface area contributed by atoms with Gasteiger partial charge in [0.1, 0.15) is 5.75 Å². The van der Waals surface area contributed by atoms with Gasteiger partial charge in [0.25, 0.3) is 0 Å². The average molecular weight is 297 g/mol. The minimum atomic E-state index is 0.0573. The van der Waals surface area contributed by atoms with E-state index in [2.05, 4.69) is 22.5 Å². The zero-order chi connectivity index (χ0) is 13.0. The van der Waals surface area contributed by atoms with Crippen LogP contribution in [0.1, 0.15) is 30.4 Å². The number of benzene rings is 1. The second kappa shape index (κ2) is 6.01. The Kier molecular flexibility index (Phi) is 4.94. The summed E-state index contributed by atoms with van der Waals surface area (Å²) in [5, 5.41) is 0. The second-order valence-corrected chi connectivity index (χ2v) is 5.03. The van der Waals surface area contributed by atoms with E-state index < -0.39 is 0 Å².